The van der Waals surface area contributed by atoms with Crippen LogP contribution in [0.5, 0.6) is 5.88 Å². The summed E-state index contributed by atoms with van der Waals surface area (Å²) in [6.07, 6.45) is 1.31. The summed E-state index contributed by atoms with van der Waals surface area (Å²) >= 11 is 0. The summed E-state index contributed by atoms with van der Waals surface area (Å²) in [7, 11) is 0. The van der Waals surface area contributed by atoms with Crippen molar-refractivity contribution in [2.45, 2.75) is 19.4 Å². The van der Waals surface area contributed by atoms with E-state index in [1.54, 1.807) is 15.6 Å². The van der Waals surface area contributed by atoms with Crippen molar-refractivity contribution >= 4 is 11.8 Å². The van der Waals surface area contributed by atoms with Gasteiger partial charge in [-0.15, -0.1) is 0 Å². The van der Waals surface area contributed by atoms with Gasteiger partial charge < -0.3 is 14.5 Å². The van der Waals surface area contributed by atoms with E-state index in [0.717, 1.165) is 18.5 Å². The molecule has 1 aromatic carbocycles. The van der Waals surface area contributed by atoms with Crippen LogP contribution in [-0.2, 0) is 17.8 Å². The number of nitrogens with zero attached hydrogens (tertiary/aromatic N) is 4. The van der Waals surface area contributed by atoms with Gasteiger partial charge in [0, 0.05) is 45.2 Å². The molecule has 0 atom stereocenters. The SMILES string of the molecule is O=C(Cc1ccccc1)N1CCN(C(=O)c2cc3n(n2)CCCO3)CC1. The molecule has 0 bridgehead atoms. The number of amides is 2. The second-order valence-electron chi connectivity index (χ2n) is 6.63. The number of piperazine rings is 1. The van der Waals surface area contributed by atoms with E-state index in [2.05, 4.69) is 5.10 Å². The number of rotatable bonds is 3. The molecular formula is C19H22N4O3. The first-order valence-electron chi connectivity index (χ1n) is 9.02. The molecule has 0 radical (unpaired) electrons. The van der Waals surface area contributed by atoms with Crippen molar-refractivity contribution in [3.05, 3.63) is 47.7 Å². The van der Waals surface area contributed by atoms with Crippen LogP contribution in [0.3, 0.4) is 0 Å². The maximum Gasteiger partial charge on any atom is 0.274 e. The lowest BCUT2D eigenvalue weighted by molar-refractivity contribution is -0.131. The van der Waals surface area contributed by atoms with Crippen LogP contribution in [0.15, 0.2) is 36.4 Å². The Morgan fingerprint density at radius 1 is 1.00 bits per heavy atom. The smallest absolute Gasteiger partial charge is 0.274 e. The molecule has 136 valence electrons. The average Bonchev–Trinajstić information content (AvgIpc) is 3.12. The number of hydrogen-bond acceptors (Lipinski definition) is 4. The second kappa shape index (κ2) is 7.19. The molecule has 0 spiro atoms. The molecular weight excluding hydrogens is 332 g/mol. The lowest BCUT2D eigenvalue weighted by Gasteiger charge is -2.34. The molecule has 4 rings (SSSR count). The molecule has 2 aliphatic heterocycles. The van der Waals surface area contributed by atoms with Crippen LogP contribution >= 0.6 is 0 Å². The first-order chi connectivity index (χ1) is 12.7. The first kappa shape index (κ1) is 16.6. The number of fused-ring (bicyclic) bond motifs is 1. The van der Waals surface area contributed by atoms with Gasteiger partial charge in [0.05, 0.1) is 13.0 Å². The molecule has 0 saturated carbocycles. The molecule has 0 aliphatic carbocycles. The number of aryl methyl sites for hydroxylation is 1. The van der Waals surface area contributed by atoms with Crippen molar-refractivity contribution in [2.75, 3.05) is 32.8 Å². The molecule has 7 heteroatoms. The fraction of sp³-hybridized carbons (Fsp3) is 0.421. The molecule has 2 aromatic rings. The predicted molar refractivity (Wildman–Crippen MR) is 95.0 cm³/mol. The van der Waals surface area contributed by atoms with Gasteiger partial charge in [-0.2, -0.15) is 5.10 Å². The van der Waals surface area contributed by atoms with Crippen LogP contribution in [-0.4, -0.2) is 64.2 Å². The molecule has 2 amide bonds. The molecule has 1 aromatic heterocycles. The molecule has 26 heavy (non-hydrogen) atoms. The van der Waals surface area contributed by atoms with Crippen LogP contribution in [0.25, 0.3) is 0 Å². The Labute approximate surface area is 152 Å². The van der Waals surface area contributed by atoms with Crippen LogP contribution in [0.1, 0.15) is 22.5 Å². The van der Waals surface area contributed by atoms with Crippen molar-refractivity contribution in [1.82, 2.24) is 19.6 Å². The van der Waals surface area contributed by atoms with E-state index in [-0.39, 0.29) is 11.8 Å². The van der Waals surface area contributed by atoms with Crippen molar-refractivity contribution < 1.29 is 14.3 Å². The summed E-state index contributed by atoms with van der Waals surface area (Å²) in [4.78, 5) is 28.7. The lowest BCUT2D eigenvalue weighted by atomic mass is 10.1. The molecule has 1 fully saturated rings. The van der Waals surface area contributed by atoms with Gasteiger partial charge >= 0.3 is 0 Å². The molecule has 1 saturated heterocycles. The van der Waals surface area contributed by atoms with Crippen LogP contribution in [0.2, 0.25) is 0 Å². The number of aromatic nitrogens is 2. The topological polar surface area (TPSA) is 67.7 Å². The van der Waals surface area contributed by atoms with Gasteiger partial charge in [-0.05, 0) is 5.56 Å². The summed E-state index contributed by atoms with van der Waals surface area (Å²) in [5.41, 5.74) is 1.44. The number of benzene rings is 1. The van der Waals surface area contributed by atoms with Crippen molar-refractivity contribution in [2.24, 2.45) is 0 Å². The summed E-state index contributed by atoms with van der Waals surface area (Å²) in [5, 5.41) is 4.36. The highest BCUT2D eigenvalue weighted by molar-refractivity contribution is 5.93. The number of ether oxygens (including phenoxy) is 1. The van der Waals surface area contributed by atoms with E-state index in [1.165, 1.54) is 0 Å². The zero-order valence-corrected chi connectivity index (χ0v) is 14.6. The van der Waals surface area contributed by atoms with E-state index in [4.69, 9.17) is 4.74 Å². The summed E-state index contributed by atoms with van der Waals surface area (Å²) in [6.45, 7) is 3.62. The van der Waals surface area contributed by atoms with E-state index >= 15 is 0 Å². The quantitative estimate of drug-likeness (QED) is 0.830. The van der Waals surface area contributed by atoms with Gasteiger partial charge in [0.1, 0.15) is 0 Å². The molecule has 0 unspecified atom stereocenters. The third-order valence-electron chi connectivity index (χ3n) is 4.84. The highest BCUT2D eigenvalue weighted by atomic mass is 16.5. The zero-order chi connectivity index (χ0) is 17.9. The third-order valence-corrected chi connectivity index (χ3v) is 4.84. The fourth-order valence-corrected chi connectivity index (χ4v) is 3.37. The van der Waals surface area contributed by atoms with E-state index in [9.17, 15) is 9.59 Å². The summed E-state index contributed by atoms with van der Waals surface area (Å²) in [5.74, 6) is 0.677. The number of hydrogen-bond donors (Lipinski definition) is 0. The van der Waals surface area contributed by atoms with E-state index in [1.807, 2.05) is 35.2 Å². The Bertz CT molecular complexity index is 771. The Kier molecular flexibility index (Phi) is 4.60. The predicted octanol–water partition coefficient (Wildman–Crippen LogP) is 1.19. The molecule has 2 aliphatic rings. The van der Waals surface area contributed by atoms with Crippen LogP contribution < -0.4 is 4.74 Å². The van der Waals surface area contributed by atoms with Crippen molar-refractivity contribution in [3.63, 3.8) is 0 Å². The maximum atomic E-state index is 12.7. The van der Waals surface area contributed by atoms with Gasteiger partial charge in [-0.1, -0.05) is 30.3 Å². The summed E-state index contributed by atoms with van der Waals surface area (Å²) in [6, 6.07) is 11.5. The van der Waals surface area contributed by atoms with Crippen LogP contribution in [0.4, 0.5) is 0 Å². The van der Waals surface area contributed by atoms with Crippen LogP contribution in [0, 0.1) is 0 Å². The third kappa shape index (κ3) is 3.42. The largest absolute Gasteiger partial charge is 0.478 e. The maximum absolute atomic E-state index is 12.7. The second-order valence-corrected chi connectivity index (χ2v) is 6.63. The fourth-order valence-electron chi connectivity index (χ4n) is 3.37. The highest BCUT2D eigenvalue weighted by Crippen LogP contribution is 2.20. The molecule has 0 N–H and O–H groups in total. The van der Waals surface area contributed by atoms with Crippen molar-refractivity contribution in [3.8, 4) is 5.88 Å². The minimum atomic E-state index is -0.0920. The highest BCUT2D eigenvalue weighted by Gasteiger charge is 2.27. The minimum Gasteiger partial charge on any atom is -0.478 e. The van der Waals surface area contributed by atoms with E-state index in [0.29, 0.717) is 50.8 Å². The molecule has 3 heterocycles. The Hall–Kier alpha value is -2.83. The molecule has 7 nitrogen and oxygen atoms in total. The monoisotopic (exact) mass is 354 g/mol. The van der Waals surface area contributed by atoms with Gasteiger partial charge in [-0.3, -0.25) is 9.59 Å². The number of carbonyl (C=O) groups is 2. The normalized spacial score (nSPS) is 16.8. The summed E-state index contributed by atoms with van der Waals surface area (Å²) < 4.78 is 7.27. The van der Waals surface area contributed by atoms with Gasteiger partial charge in [-0.25, -0.2) is 4.68 Å². The zero-order valence-electron chi connectivity index (χ0n) is 14.6. The Balaban J connectivity index is 1.33. The van der Waals surface area contributed by atoms with Gasteiger partial charge in [0.25, 0.3) is 5.91 Å². The van der Waals surface area contributed by atoms with Crippen molar-refractivity contribution in [1.29, 1.82) is 0 Å². The van der Waals surface area contributed by atoms with Gasteiger partial charge in [0.15, 0.2) is 5.69 Å². The number of carbonyl (C=O) groups excluding carboxylic acids is 2. The lowest BCUT2D eigenvalue weighted by Crippen LogP contribution is -2.51. The van der Waals surface area contributed by atoms with E-state index < -0.39 is 0 Å². The Morgan fingerprint density at radius 3 is 2.46 bits per heavy atom. The average molecular weight is 354 g/mol. The minimum absolute atomic E-state index is 0.0920. The Morgan fingerprint density at radius 2 is 1.73 bits per heavy atom. The van der Waals surface area contributed by atoms with Gasteiger partial charge in [0.2, 0.25) is 11.8 Å². The first-order valence-corrected chi connectivity index (χ1v) is 9.02. The standard InChI is InChI=1S/C19H22N4O3/c24-17(13-15-5-2-1-3-6-15)21-8-10-22(11-9-21)19(25)16-14-18-23(20-16)7-4-12-26-18/h1-3,5-6,14H,4,7-13H2.